The van der Waals surface area contributed by atoms with Crippen molar-refractivity contribution in [1.29, 1.82) is 0 Å². The van der Waals surface area contributed by atoms with Crippen LogP contribution in [0, 0.1) is 12.7 Å². The number of nitrogens with zero attached hydrogens (tertiary/aromatic N) is 2. The van der Waals surface area contributed by atoms with E-state index in [-0.39, 0.29) is 10.7 Å². The van der Waals surface area contributed by atoms with Crippen LogP contribution < -0.4 is 4.72 Å². The van der Waals surface area contributed by atoms with Crippen molar-refractivity contribution in [3.05, 3.63) is 36.0 Å². The number of anilines is 1. The summed E-state index contributed by atoms with van der Waals surface area (Å²) in [4.78, 5) is 3.88. The molecular weight excluding hydrogens is 273 g/mol. The third-order valence-corrected chi connectivity index (χ3v) is 3.80. The molecule has 2 N–H and O–H groups in total. The van der Waals surface area contributed by atoms with Crippen LogP contribution in [0.2, 0.25) is 0 Å². The number of imidazole rings is 1. The maximum Gasteiger partial charge on any atom is 0.281 e. The van der Waals surface area contributed by atoms with Gasteiger partial charge in [-0.2, -0.15) is 8.42 Å². The topological polar surface area (TPSA) is 84.2 Å². The zero-order valence-electron chi connectivity index (χ0n) is 10.3. The third-order valence-electron chi connectivity index (χ3n) is 2.57. The molecule has 0 unspecified atom stereocenters. The van der Waals surface area contributed by atoms with Crippen LogP contribution in [0.25, 0.3) is 0 Å². The average molecular weight is 285 g/mol. The summed E-state index contributed by atoms with van der Waals surface area (Å²) in [6.45, 7) is 1.66. The zero-order valence-corrected chi connectivity index (χ0v) is 11.1. The standard InChI is InChI=1S/C11H12FN3O3S/c1-7-13-11(6-15(7)2)19(17,18)14-9-4-3-8(12)5-10(9)16/h3-6,14,16H,1-2H3. The second-order valence-corrected chi connectivity index (χ2v) is 5.63. The Bertz CT molecular complexity index is 705. The number of nitrogens with one attached hydrogen (secondary N) is 1. The number of hydrogen-bond acceptors (Lipinski definition) is 4. The Morgan fingerprint density at radius 1 is 1.42 bits per heavy atom. The van der Waals surface area contributed by atoms with Crippen molar-refractivity contribution >= 4 is 15.7 Å². The second-order valence-electron chi connectivity index (χ2n) is 4.00. The van der Waals surface area contributed by atoms with E-state index in [0.29, 0.717) is 5.82 Å². The van der Waals surface area contributed by atoms with Gasteiger partial charge in [-0.15, -0.1) is 0 Å². The average Bonchev–Trinajstić information content (AvgIpc) is 2.64. The largest absolute Gasteiger partial charge is 0.506 e. The van der Waals surface area contributed by atoms with Gasteiger partial charge in [0.05, 0.1) is 5.69 Å². The number of phenols is 1. The van der Waals surface area contributed by atoms with Crippen molar-refractivity contribution < 1.29 is 17.9 Å². The molecule has 6 nitrogen and oxygen atoms in total. The fraction of sp³-hybridized carbons (Fsp3) is 0.182. The van der Waals surface area contributed by atoms with Gasteiger partial charge < -0.3 is 9.67 Å². The van der Waals surface area contributed by atoms with Crippen LogP contribution in [-0.4, -0.2) is 23.1 Å². The molecule has 0 bridgehead atoms. The molecule has 102 valence electrons. The van der Waals surface area contributed by atoms with E-state index in [1.807, 2.05) is 0 Å². The smallest absolute Gasteiger partial charge is 0.281 e. The number of aryl methyl sites for hydroxylation is 2. The molecule has 2 rings (SSSR count). The lowest BCUT2D eigenvalue weighted by atomic mass is 10.3. The molecule has 0 saturated carbocycles. The van der Waals surface area contributed by atoms with E-state index in [4.69, 9.17) is 0 Å². The predicted molar refractivity (Wildman–Crippen MR) is 66.8 cm³/mol. The molecule has 0 fully saturated rings. The van der Waals surface area contributed by atoms with Crippen molar-refractivity contribution in [3.8, 4) is 5.75 Å². The highest BCUT2D eigenvalue weighted by Gasteiger charge is 2.20. The first-order valence-electron chi connectivity index (χ1n) is 5.31. The minimum Gasteiger partial charge on any atom is -0.506 e. The van der Waals surface area contributed by atoms with Crippen LogP contribution in [-0.2, 0) is 17.1 Å². The monoisotopic (exact) mass is 285 g/mol. The molecular formula is C11H12FN3O3S. The first-order valence-corrected chi connectivity index (χ1v) is 6.79. The quantitative estimate of drug-likeness (QED) is 0.834. The number of halogens is 1. The van der Waals surface area contributed by atoms with E-state index < -0.39 is 21.6 Å². The SMILES string of the molecule is Cc1nc(S(=O)(=O)Nc2ccc(F)cc2O)cn1C. The van der Waals surface area contributed by atoms with E-state index in [2.05, 4.69) is 9.71 Å². The maximum atomic E-state index is 12.8. The Morgan fingerprint density at radius 3 is 2.63 bits per heavy atom. The van der Waals surface area contributed by atoms with Crippen molar-refractivity contribution in [2.75, 3.05) is 4.72 Å². The van der Waals surface area contributed by atoms with Crippen molar-refractivity contribution in [3.63, 3.8) is 0 Å². The van der Waals surface area contributed by atoms with Gasteiger partial charge in [-0.3, -0.25) is 4.72 Å². The van der Waals surface area contributed by atoms with E-state index in [1.165, 1.54) is 6.20 Å². The molecule has 19 heavy (non-hydrogen) atoms. The van der Waals surface area contributed by atoms with E-state index in [1.54, 1.807) is 18.5 Å². The predicted octanol–water partition coefficient (Wildman–Crippen LogP) is 1.37. The van der Waals surface area contributed by atoms with Crippen LogP contribution in [0.4, 0.5) is 10.1 Å². The van der Waals surface area contributed by atoms with Gasteiger partial charge in [-0.1, -0.05) is 0 Å². The molecule has 0 atom stereocenters. The van der Waals surface area contributed by atoms with E-state index >= 15 is 0 Å². The number of rotatable bonds is 3. The maximum absolute atomic E-state index is 12.8. The van der Waals surface area contributed by atoms with Crippen LogP contribution in [0.15, 0.2) is 29.4 Å². The number of aromatic hydroxyl groups is 1. The molecule has 8 heteroatoms. The third kappa shape index (κ3) is 2.68. The van der Waals surface area contributed by atoms with Gasteiger partial charge in [0.1, 0.15) is 17.4 Å². The Morgan fingerprint density at radius 2 is 2.11 bits per heavy atom. The van der Waals surface area contributed by atoms with Gasteiger partial charge in [-0.05, 0) is 19.1 Å². The summed E-state index contributed by atoms with van der Waals surface area (Å²) >= 11 is 0. The van der Waals surface area contributed by atoms with E-state index in [9.17, 15) is 17.9 Å². The van der Waals surface area contributed by atoms with Gasteiger partial charge in [0.2, 0.25) is 0 Å². The van der Waals surface area contributed by atoms with Crippen LogP contribution in [0.3, 0.4) is 0 Å². The lowest BCUT2D eigenvalue weighted by Gasteiger charge is -2.07. The molecule has 0 amide bonds. The first kappa shape index (κ1) is 13.3. The molecule has 0 spiro atoms. The van der Waals surface area contributed by atoms with Crippen LogP contribution in [0.1, 0.15) is 5.82 Å². The Balaban J connectivity index is 2.36. The highest BCUT2D eigenvalue weighted by atomic mass is 32.2. The Labute approximate surface area is 109 Å². The molecule has 0 radical (unpaired) electrons. The van der Waals surface area contributed by atoms with E-state index in [0.717, 1.165) is 18.2 Å². The molecule has 1 heterocycles. The van der Waals surface area contributed by atoms with Crippen LogP contribution in [0.5, 0.6) is 5.75 Å². The summed E-state index contributed by atoms with van der Waals surface area (Å²) in [5.74, 6) is -0.617. The summed E-state index contributed by atoms with van der Waals surface area (Å²) in [6.07, 6.45) is 1.35. The fourth-order valence-electron chi connectivity index (χ4n) is 1.44. The molecule has 0 aliphatic rings. The van der Waals surface area contributed by atoms with Crippen molar-refractivity contribution in [2.24, 2.45) is 7.05 Å². The molecule has 2 aromatic rings. The number of hydrogen-bond donors (Lipinski definition) is 2. The highest BCUT2D eigenvalue weighted by Crippen LogP contribution is 2.26. The molecule has 0 aliphatic heterocycles. The van der Waals surface area contributed by atoms with Crippen molar-refractivity contribution in [1.82, 2.24) is 9.55 Å². The summed E-state index contributed by atoms with van der Waals surface area (Å²) in [6, 6.07) is 3.00. The normalized spacial score (nSPS) is 11.5. The second kappa shape index (κ2) is 4.54. The molecule has 1 aromatic heterocycles. The number of phenolic OH excluding ortho intramolecular Hbond substituents is 1. The zero-order chi connectivity index (χ0) is 14.2. The summed E-state index contributed by atoms with van der Waals surface area (Å²) in [7, 11) is -2.25. The minimum atomic E-state index is -3.91. The van der Waals surface area contributed by atoms with Gasteiger partial charge in [0, 0.05) is 19.3 Å². The number of sulfonamides is 1. The molecule has 1 aromatic carbocycles. The van der Waals surface area contributed by atoms with Crippen LogP contribution >= 0.6 is 0 Å². The lowest BCUT2D eigenvalue weighted by molar-refractivity contribution is 0.471. The minimum absolute atomic E-state index is 0.107. The number of aromatic nitrogens is 2. The first-order chi connectivity index (χ1) is 8.79. The Hall–Kier alpha value is -2.09. The molecule has 0 aliphatic carbocycles. The highest BCUT2D eigenvalue weighted by molar-refractivity contribution is 7.92. The Kier molecular flexibility index (Phi) is 3.19. The van der Waals surface area contributed by atoms with Gasteiger partial charge in [0.25, 0.3) is 10.0 Å². The summed E-state index contributed by atoms with van der Waals surface area (Å²) in [5.41, 5.74) is -0.107. The van der Waals surface area contributed by atoms with Crippen molar-refractivity contribution in [2.45, 2.75) is 11.9 Å². The molecule has 0 saturated heterocycles. The summed E-state index contributed by atoms with van der Waals surface area (Å²) < 4.78 is 40.5. The number of benzene rings is 1. The van der Waals surface area contributed by atoms with Gasteiger partial charge in [-0.25, -0.2) is 9.37 Å². The van der Waals surface area contributed by atoms with Gasteiger partial charge in [0.15, 0.2) is 5.03 Å². The summed E-state index contributed by atoms with van der Waals surface area (Å²) in [5, 5.41) is 9.30. The lowest BCUT2D eigenvalue weighted by Crippen LogP contribution is -2.13. The fourth-order valence-corrected chi connectivity index (χ4v) is 2.56. The van der Waals surface area contributed by atoms with Gasteiger partial charge >= 0.3 is 0 Å².